The summed E-state index contributed by atoms with van der Waals surface area (Å²) in [6.45, 7) is 6.66. The highest BCUT2D eigenvalue weighted by molar-refractivity contribution is 7.99. The first kappa shape index (κ1) is 34.3. The second kappa shape index (κ2) is 14.9. The maximum Gasteiger partial charge on any atom is 0.306 e. The first-order valence-corrected chi connectivity index (χ1v) is 17.9. The smallest absolute Gasteiger partial charge is 0.306 e. The number of benzene rings is 3. The van der Waals surface area contributed by atoms with Crippen LogP contribution in [0.5, 0.6) is 11.5 Å². The Balaban J connectivity index is 1.42. The van der Waals surface area contributed by atoms with Gasteiger partial charge in [0.25, 0.3) is 0 Å². The van der Waals surface area contributed by atoms with Gasteiger partial charge in [0.15, 0.2) is 11.6 Å². The third-order valence-electron chi connectivity index (χ3n) is 9.03. The number of nitrogens with zero attached hydrogens (tertiary/aromatic N) is 3. The van der Waals surface area contributed by atoms with Crippen molar-refractivity contribution in [1.82, 2.24) is 14.8 Å². The van der Waals surface area contributed by atoms with Crippen LogP contribution in [-0.4, -0.2) is 38.8 Å². The summed E-state index contributed by atoms with van der Waals surface area (Å²) >= 11 is 1.84. The van der Waals surface area contributed by atoms with Gasteiger partial charge in [-0.3, -0.25) is 9.48 Å². The van der Waals surface area contributed by atoms with Crippen LogP contribution in [-0.2, 0) is 22.4 Å². The fourth-order valence-electron chi connectivity index (χ4n) is 6.54. The van der Waals surface area contributed by atoms with Gasteiger partial charge in [0.2, 0.25) is 0 Å². The topological polar surface area (TPSA) is 92.9 Å². The summed E-state index contributed by atoms with van der Waals surface area (Å²) in [7, 11) is 0. The SMILES string of the molecule is CCOC(=O)CCc1cccc(C2CCCC(C)(C)CSCCc3c(c(F)cc4[nH]ccc34)Oc3ccc(F)c(c3)-c3nn2cc3C#N)c1. The molecule has 10 heteroatoms. The van der Waals surface area contributed by atoms with E-state index in [0.29, 0.717) is 25.0 Å². The second-order valence-corrected chi connectivity index (χ2v) is 14.4. The van der Waals surface area contributed by atoms with Gasteiger partial charge in [0.05, 0.1) is 18.2 Å². The molecule has 0 spiro atoms. The van der Waals surface area contributed by atoms with Crippen molar-refractivity contribution in [1.29, 1.82) is 5.26 Å². The van der Waals surface area contributed by atoms with E-state index in [9.17, 15) is 10.1 Å². The summed E-state index contributed by atoms with van der Waals surface area (Å²) in [6, 6.07) is 17.6. The molecule has 0 saturated carbocycles. The zero-order valence-corrected chi connectivity index (χ0v) is 28.8. The number of carbonyl (C=O) groups excluding carboxylic acids is 1. The number of aromatic amines is 1. The molecule has 1 atom stereocenters. The molecule has 2 aromatic heterocycles. The maximum absolute atomic E-state index is 15.6. The number of ether oxygens (including phenoxy) is 2. The molecule has 0 fully saturated rings. The second-order valence-electron chi connectivity index (χ2n) is 13.3. The van der Waals surface area contributed by atoms with Crippen molar-refractivity contribution in [3.8, 4) is 28.8 Å². The van der Waals surface area contributed by atoms with Crippen molar-refractivity contribution in [2.45, 2.75) is 65.3 Å². The van der Waals surface area contributed by atoms with Gasteiger partial charge < -0.3 is 14.5 Å². The van der Waals surface area contributed by atoms with Crippen LogP contribution in [0, 0.1) is 28.4 Å². The molecule has 0 radical (unpaired) electrons. The molecule has 4 bridgehead atoms. The normalized spacial score (nSPS) is 16.5. The number of rotatable bonds is 5. The molecular formula is C39H40F2N4O3S. The summed E-state index contributed by atoms with van der Waals surface area (Å²) in [5.74, 6) is 0.737. The minimum absolute atomic E-state index is 0.0283. The predicted octanol–water partition coefficient (Wildman–Crippen LogP) is 9.54. The van der Waals surface area contributed by atoms with E-state index < -0.39 is 11.6 Å². The molecule has 5 aromatic rings. The minimum atomic E-state index is -0.569. The molecule has 1 unspecified atom stereocenters. The number of thioether (sulfide) groups is 1. The Bertz CT molecular complexity index is 2010. The monoisotopic (exact) mass is 682 g/mol. The van der Waals surface area contributed by atoms with Gasteiger partial charge in [-0.05, 0) is 84.9 Å². The number of fused-ring (bicyclic) bond motifs is 8. The molecule has 3 heterocycles. The summed E-state index contributed by atoms with van der Waals surface area (Å²) in [4.78, 5) is 15.2. The van der Waals surface area contributed by atoms with Crippen LogP contribution in [0.25, 0.3) is 22.2 Å². The lowest BCUT2D eigenvalue weighted by atomic mass is 9.87. The standard InChI is InChI=1S/C39H40F2N4O3S/c1-4-47-36(46)13-10-25-7-5-8-26(19-25)35-9-6-16-39(2,3)24-49-18-15-30-29-14-17-43-34(29)21-33(41)38(30)48-28-11-12-32(40)31(20-28)37-27(22-42)23-45(35)44-37/h5,7-8,11-12,14,17,19-21,23,35,43H,4,6,9-10,13,15-16,18,24H2,1-3H3. The quantitative estimate of drug-likeness (QED) is 0.186. The molecular weight excluding hydrogens is 643 g/mol. The number of H-pyrrole nitrogens is 1. The van der Waals surface area contributed by atoms with Crippen molar-refractivity contribution in [3.05, 3.63) is 101 Å². The molecule has 3 aromatic carbocycles. The van der Waals surface area contributed by atoms with Crippen LogP contribution >= 0.6 is 11.8 Å². The van der Waals surface area contributed by atoms with Crippen molar-refractivity contribution < 1.29 is 23.0 Å². The Hall–Kier alpha value is -4.62. The van der Waals surface area contributed by atoms with E-state index in [-0.39, 0.29) is 52.2 Å². The molecule has 254 valence electrons. The predicted molar refractivity (Wildman–Crippen MR) is 189 cm³/mol. The molecule has 0 aliphatic carbocycles. The average Bonchev–Trinajstić information content (AvgIpc) is 3.73. The molecule has 1 aliphatic heterocycles. The van der Waals surface area contributed by atoms with Gasteiger partial charge in [-0.1, -0.05) is 44.5 Å². The Labute approximate surface area is 289 Å². The van der Waals surface area contributed by atoms with Crippen molar-refractivity contribution in [3.63, 3.8) is 0 Å². The van der Waals surface area contributed by atoms with Crippen LogP contribution in [0.15, 0.2) is 67.0 Å². The van der Waals surface area contributed by atoms with E-state index in [4.69, 9.17) is 14.6 Å². The Morgan fingerprint density at radius 1 is 1.18 bits per heavy atom. The zero-order valence-electron chi connectivity index (χ0n) is 28.0. The highest BCUT2D eigenvalue weighted by atomic mass is 32.2. The van der Waals surface area contributed by atoms with Gasteiger partial charge in [-0.25, -0.2) is 8.78 Å². The van der Waals surface area contributed by atoms with E-state index in [1.807, 2.05) is 36.0 Å². The van der Waals surface area contributed by atoms with Gasteiger partial charge in [-0.15, -0.1) is 0 Å². The van der Waals surface area contributed by atoms with E-state index in [2.05, 4.69) is 31.0 Å². The fraction of sp³-hybridized carbons (Fsp3) is 0.359. The third-order valence-corrected chi connectivity index (χ3v) is 10.5. The maximum atomic E-state index is 15.6. The van der Waals surface area contributed by atoms with Crippen LogP contribution in [0.2, 0.25) is 0 Å². The number of hydrogen-bond acceptors (Lipinski definition) is 6. The Morgan fingerprint density at radius 3 is 2.86 bits per heavy atom. The van der Waals surface area contributed by atoms with E-state index in [1.165, 1.54) is 24.3 Å². The first-order valence-electron chi connectivity index (χ1n) is 16.7. The number of aromatic nitrogens is 3. The van der Waals surface area contributed by atoms with Gasteiger partial charge in [0.1, 0.15) is 23.3 Å². The number of hydrogen-bond donors (Lipinski definition) is 1. The lowest BCUT2D eigenvalue weighted by Crippen LogP contribution is -2.17. The van der Waals surface area contributed by atoms with Crippen LogP contribution in [0.1, 0.15) is 74.8 Å². The van der Waals surface area contributed by atoms with Gasteiger partial charge in [0, 0.05) is 46.9 Å². The highest BCUT2D eigenvalue weighted by Gasteiger charge is 2.25. The number of aryl methyl sites for hydroxylation is 2. The molecule has 0 amide bonds. The molecule has 1 aliphatic rings. The first-order chi connectivity index (χ1) is 23.7. The number of carbonyl (C=O) groups is 1. The number of nitrogens with one attached hydrogen (secondary N) is 1. The molecule has 1 N–H and O–H groups in total. The number of nitriles is 1. The zero-order chi connectivity index (χ0) is 34.5. The van der Waals surface area contributed by atoms with Gasteiger partial charge >= 0.3 is 5.97 Å². The molecule has 0 saturated heterocycles. The van der Waals surface area contributed by atoms with Crippen LogP contribution < -0.4 is 4.74 Å². The highest BCUT2D eigenvalue weighted by Crippen LogP contribution is 2.39. The minimum Gasteiger partial charge on any atom is -0.466 e. The van der Waals surface area contributed by atoms with Crippen molar-refractivity contribution >= 4 is 28.6 Å². The van der Waals surface area contributed by atoms with E-state index in [0.717, 1.165) is 52.8 Å². The summed E-state index contributed by atoms with van der Waals surface area (Å²) < 4.78 is 44.3. The Kier molecular flexibility index (Phi) is 10.4. The van der Waals surface area contributed by atoms with Crippen LogP contribution in [0.4, 0.5) is 8.78 Å². The number of halogens is 2. The molecule has 7 nitrogen and oxygen atoms in total. The summed E-state index contributed by atoms with van der Waals surface area (Å²) in [6.07, 6.45) is 7.44. The number of esters is 1. The fourth-order valence-corrected chi connectivity index (χ4v) is 7.73. The Morgan fingerprint density at radius 2 is 2.04 bits per heavy atom. The van der Waals surface area contributed by atoms with E-state index in [1.54, 1.807) is 24.0 Å². The molecule has 49 heavy (non-hydrogen) atoms. The molecule has 6 rings (SSSR count). The van der Waals surface area contributed by atoms with Gasteiger partial charge in [-0.2, -0.15) is 22.1 Å². The van der Waals surface area contributed by atoms with Crippen molar-refractivity contribution in [2.24, 2.45) is 5.41 Å². The van der Waals surface area contributed by atoms with Crippen LogP contribution in [0.3, 0.4) is 0 Å². The third kappa shape index (κ3) is 7.83. The average molecular weight is 683 g/mol. The lowest BCUT2D eigenvalue weighted by molar-refractivity contribution is -0.143. The lowest BCUT2D eigenvalue weighted by Gasteiger charge is -2.26. The van der Waals surface area contributed by atoms with Crippen molar-refractivity contribution in [2.75, 3.05) is 18.1 Å². The largest absolute Gasteiger partial charge is 0.466 e. The summed E-state index contributed by atoms with van der Waals surface area (Å²) in [5, 5.41) is 15.9. The van der Waals surface area contributed by atoms with E-state index >= 15 is 8.78 Å². The summed E-state index contributed by atoms with van der Waals surface area (Å²) in [5.41, 5.74) is 3.96.